The van der Waals surface area contributed by atoms with Gasteiger partial charge in [-0.15, -0.1) is 0 Å². The van der Waals surface area contributed by atoms with Crippen molar-refractivity contribution in [2.75, 3.05) is 20.6 Å². The standard InChI is InChI=1S/C11H24N2/c1-8-5-9(2)10(7-13(3)4)11(12)6-8/h8-11H,5-7,12H2,1-4H3. The Hall–Kier alpha value is -0.0800. The van der Waals surface area contributed by atoms with Crippen LogP contribution in [0.25, 0.3) is 0 Å². The molecule has 2 nitrogen and oxygen atoms in total. The molecule has 0 aromatic rings. The normalized spacial score (nSPS) is 41.1. The molecule has 4 atom stereocenters. The summed E-state index contributed by atoms with van der Waals surface area (Å²) in [6.45, 7) is 5.82. The quantitative estimate of drug-likeness (QED) is 0.705. The lowest BCUT2D eigenvalue weighted by Gasteiger charge is -2.39. The van der Waals surface area contributed by atoms with Gasteiger partial charge in [-0.1, -0.05) is 13.8 Å². The van der Waals surface area contributed by atoms with Gasteiger partial charge in [0.1, 0.15) is 0 Å². The van der Waals surface area contributed by atoms with Gasteiger partial charge in [0.05, 0.1) is 0 Å². The van der Waals surface area contributed by atoms with Crippen LogP contribution in [-0.4, -0.2) is 31.6 Å². The average molecular weight is 184 g/mol. The van der Waals surface area contributed by atoms with Crippen molar-refractivity contribution in [1.82, 2.24) is 4.90 Å². The van der Waals surface area contributed by atoms with Crippen LogP contribution in [0.15, 0.2) is 0 Å². The zero-order valence-electron chi connectivity index (χ0n) is 9.46. The van der Waals surface area contributed by atoms with E-state index in [0.29, 0.717) is 12.0 Å². The molecule has 0 heterocycles. The van der Waals surface area contributed by atoms with Crippen molar-refractivity contribution in [3.8, 4) is 0 Å². The highest BCUT2D eigenvalue weighted by Crippen LogP contribution is 2.32. The Morgan fingerprint density at radius 3 is 2.31 bits per heavy atom. The second kappa shape index (κ2) is 4.43. The number of rotatable bonds is 2. The third kappa shape index (κ3) is 2.96. The molecule has 0 saturated heterocycles. The second-order valence-corrected chi connectivity index (χ2v) is 5.14. The molecule has 1 fully saturated rings. The largest absolute Gasteiger partial charge is 0.327 e. The highest BCUT2D eigenvalue weighted by molar-refractivity contribution is 4.86. The zero-order chi connectivity index (χ0) is 10.0. The summed E-state index contributed by atoms with van der Waals surface area (Å²) in [5.74, 6) is 2.32. The Labute approximate surface area is 82.5 Å². The van der Waals surface area contributed by atoms with Gasteiger partial charge in [-0.3, -0.25) is 0 Å². The smallest absolute Gasteiger partial charge is 0.00844 e. The molecule has 2 heteroatoms. The summed E-state index contributed by atoms with van der Waals surface area (Å²) in [4.78, 5) is 2.26. The van der Waals surface area contributed by atoms with E-state index in [0.717, 1.165) is 18.4 Å². The fourth-order valence-electron chi connectivity index (χ4n) is 2.70. The van der Waals surface area contributed by atoms with Crippen LogP contribution in [0.5, 0.6) is 0 Å². The molecule has 2 N–H and O–H groups in total. The highest BCUT2D eigenvalue weighted by atomic mass is 15.1. The minimum absolute atomic E-state index is 0.418. The van der Waals surface area contributed by atoms with Gasteiger partial charge in [0.15, 0.2) is 0 Å². The van der Waals surface area contributed by atoms with Crippen molar-refractivity contribution in [2.45, 2.75) is 32.7 Å². The van der Waals surface area contributed by atoms with Crippen molar-refractivity contribution in [1.29, 1.82) is 0 Å². The number of nitrogens with zero attached hydrogens (tertiary/aromatic N) is 1. The lowest BCUT2D eigenvalue weighted by Crippen LogP contribution is -2.45. The van der Waals surface area contributed by atoms with Gasteiger partial charge in [0, 0.05) is 12.6 Å². The van der Waals surface area contributed by atoms with Gasteiger partial charge in [-0.05, 0) is 44.7 Å². The number of hydrogen-bond donors (Lipinski definition) is 1. The van der Waals surface area contributed by atoms with E-state index in [-0.39, 0.29) is 0 Å². The van der Waals surface area contributed by atoms with E-state index in [1.54, 1.807) is 0 Å². The lowest BCUT2D eigenvalue weighted by atomic mass is 9.72. The fourth-order valence-corrected chi connectivity index (χ4v) is 2.70. The van der Waals surface area contributed by atoms with E-state index < -0.39 is 0 Å². The van der Waals surface area contributed by atoms with Crippen molar-refractivity contribution in [3.05, 3.63) is 0 Å². The molecule has 0 radical (unpaired) electrons. The maximum atomic E-state index is 6.18. The van der Waals surface area contributed by atoms with Crippen LogP contribution in [-0.2, 0) is 0 Å². The van der Waals surface area contributed by atoms with E-state index in [4.69, 9.17) is 5.73 Å². The van der Waals surface area contributed by atoms with Gasteiger partial charge in [0.25, 0.3) is 0 Å². The Kier molecular flexibility index (Phi) is 3.74. The Balaban J connectivity index is 2.51. The highest BCUT2D eigenvalue weighted by Gasteiger charge is 2.31. The minimum atomic E-state index is 0.418. The van der Waals surface area contributed by atoms with Gasteiger partial charge in [-0.2, -0.15) is 0 Å². The number of hydrogen-bond acceptors (Lipinski definition) is 2. The average Bonchev–Trinajstić information content (AvgIpc) is 1.96. The SMILES string of the molecule is CC1CC(C)C(CN(C)C)C(N)C1. The first-order chi connectivity index (χ1) is 6.00. The molecule has 1 aliphatic carbocycles. The van der Waals surface area contributed by atoms with Crippen LogP contribution in [0.4, 0.5) is 0 Å². The molecule has 0 aliphatic heterocycles. The van der Waals surface area contributed by atoms with E-state index >= 15 is 0 Å². The molecule has 0 aromatic heterocycles. The monoisotopic (exact) mass is 184 g/mol. The topological polar surface area (TPSA) is 29.3 Å². The molecular weight excluding hydrogens is 160 g/mol. The molecular formula is C11H24N2. The molecule has 13 heavy (non-hydrogen) atoms. The van der Waals surface area contributed by atoms with E-state index in [9.17, 15) is 0 Å². The van der Waals surface area contributed by atoms with Crippen LogP contribution in [0.2, 0.25) is 0 Å². The molecule has 1 aliphatic rings. The predicted molar refractivity (Wildman–Crippen MR) is 57.6 cm³/mol. The molecule has 1 saturated carbocycles. The summed E-state index contributed by atoms with van der Waals surface area (Å²) in [5.41, 5.74) is 6.18. The summed E-state index contributed by atoms with van der Waals surface area (Å²) < 4.78 is 0. The van der Waals surface area contributed by atoms with Gasteiger partial charge >= 0.3 is 0 Å². The Bertz CT molecular complexity index is 144. The van der Waals surface area contributed by atoms with Crippen LogP contribution in [0.1, 0.15) is 26.7 Å². The molecule has 0 aromatic carbocycles. The van der Waals surface area contributed by atoms with Crippen LogP contribution < -0.4 is 5.73 Å². The Morgan fingerprint density at radius 1 is 1.23 bits per heavy atom. The van der Waals surface area contributed by atoms with E-state index in [2.05, 4.69) is 32.8 Å². The molecule has 78 valence electrons. The number of nitrogens with two attached hydrogens (primary N) is 1. The van der Waals surface area contributed by atoms with Crippen LogP contribution in [0.3, 0.4) is 0 Å². The maximum absolute atomic E-state index is 6.18. The first-order valence-electron chi connectivity index (χ1n) is 5.41. The summed E-state index contributed by atoms with van der Waals surface area (Å²) >= 11 is 0. The Morgan fingerprint density at radius 2 is 1.85 bits per heavy atom. The summed E-state index contributed by atoms with van der Waals surface area (Å²) in [7, 11) is 4.27. The molecule has 4 unspecified atom stereocenters. The maximum Gasteiger partial charge on any atom is 0.00844 e. The lowest BCUT2D eigenvalue weighted by molar-refractivity contribution is 0.140. The molecule has 0 amide bonds. The van der Waals surface area contributed by atoms with E-state index in [1.165, 1.54) is 12.8 Å². The molecule has 0 bridgehead atoms. The molecule has 0 spiro atoms. The van der Waals surface area contributed by atoms with E-state index in [1.807, 2.05) is 0 Å². The molecule has 1 rings (SSSR count). The van der Waals surface area contributed by atoms with Crippen molar-refractivity contribution in [3.63, 3.8) is 0 Å². The zero-order valence-corrected chi connectivity index (χ0v) is 9.46. The third-order valence-electron chi connectivity index (χ3n) is 3.31. The van der Waals surface area contributed by atoms with Crippen molar-refractivity contribution in [2.24, 2.45) is 23.5 Å². The minimum Gasteiger partial charge on any atom is -0.327 e. The van der Waals surface area contributed by atoms with Crippen LogP contribution >= 0.6 is 0 Å². The fraction of sp³-hybridized carbons (Fsp3) is 1.00. The summed E-state index contributed by atoms with van der Waals surface area (Å²) in [6.07, 6.45) is 2.56. The van der Waals surface area contributed by atoms with Crippen molar-refractivity contribution < 1.29 is 0 Å². The summed E-state index contributed by atoms with van der Waals surface area (Å²) in [6, 6.07) is 0.418. The second-order valence-electron chi connectivity index (χ2n) is 5.14. The first-order valence-corrected chi connectivity index (χ1v) is 5.41. The first kappa shape index (κ1) is 11.0. The van der Waals surface area contributed by atoms with Gasteiger partial charge in [-0.25, -0.2) is 0 Å². The summed E-state index contributed by atoms with van der Waals surface area (Å²) in [5, 5.41) is 0. The van der Waals surface area contributed by atoms with Crippen molar-refractivity contribution >= 4 is 0 Å². The predicted octanol–water partition coefficient (Wildman–Crippen LogP) is 1.56. The van der Waals surface area contributed by atoms with Gasteiger partial charge in [0.2, 0.25) is 0 Å². The third-order valence-corrected chi connectivity index (χ3v) is 3.31. The van der Waals surface area contributed by atoms with Crippen LogP contribution in [0, 0.1) is 17.8 Å². The van der Waals surface area contributed by atoms with Gasteiger partial charge < -0.3 is 10.6 Å².